The van der Waals surface area contributed by atoms with E-state index in [1.807, 2.05) is 60.7 Å². The molecule has 2 aliphatic heterocycles. The normalized spacial score (nSPS) is 31.6. The van der Waals surface area contributed by atoms with Gasteiger partial charge in [0.15, 0.2) is 12.1 Å². The highest BCUT2D eigenvalue weighted by Crippen LogP contribution is 2.41. The van der Waals surface area contributed by atoms with E-state index in [0.717, 1.165) is 11.1 Å². The van der Waals surface area contributed by atoms with Crippen molar-refractivity contribution in [3.05, 3.63) is 92.7 Å². The monoisotopic (exact) mass is 668 g/mol. The molecule has 0 aromatic heterocycles. The zero-order valence-electron chi connectivity index (χ0n) is 27.4. The number of hydrogen-bond donors (Lipinski definition) is 2. The van der Waals surface area contributed by atoms with Crippen LogP contribution in [0.1, 0.15) is 57.1 Å². The predicted octanol–water partition coefficient (Wildman–Crippen LogP) is 5.24. The summed E-state index contributed by atoms with van der Waals surface area (Å²) in [5.74, 6) is -2.15. The number of carbonyl (C=O) groups is 1. The number of rotatable bonds is 16. The molecular weight excluding hydrogens is 624 g/mol. The molecule has 0 spiro atoms. The van der Waals surface area contributed by atoms with Gasteiger partial charge in [0, 0.05) is 22.7 Å². The van der Waals surface area contributed by atoms with Crippen LogP contribution in [0.5, 0.6) is 0 Å². The average Bonchev–Trinajstić information content (AvgIpc) is 3.09. The van der Waals surface area contributed by atoms with E-state index in [4.69, 9.17) is 28.4 Å². The summed E-state index contributed by atoms with van der Waals surface area (Å²) in [5, 5.41) is 31.4. The lowest BCUT2D eigenvalue weighted by atomic mass is 9.87. The summed E-state index contributed by atoms with van der Waals surface area (Å²) >= 11 is 0. The number of methoxy groups -OCH3 is 1. The van der Waals surface area contributed by atoms with Gasteiger partial charge in [0.25, 0.3) is 0 Å². The molecule has 0 radical (unpaired) electrons. The van der Waals surface area contributed by atoms with Crippen molar-refractivity contribution >= 4 is 5.97 Å². The van der Waals surface area contributed by atoms with Crippen LogP contribution in [0.25, 0.3) is 20.9 Å². The van der Waals surface area contributed by atoms with Crippen molar-refractivity contribution in [3.8, 4) is 0 Å². The smallest absolute Gasteiger partial charge is 0.305 e. The second-order valence-electron chi connectivity index (χ2n) is 11.9. The average molecular weight is 669 g/mol. The standard InChI is InChI=1S/C33H44N6O9/c1-21-26(36-38-34)29(44-19-23-13-7-4-8-14-23)28(41)32(46-21)48-33(18-12-6-11-17-25(40)43-3)31(42)30(27(37-39-35)22(2)47-33)45-20-24-15-9-5-10-16-24/h4-5,7-10,13-16,21-22,26-32,41-42H,6,11-12,17-20H2,1-3H3/t21-,22-,26-,27-,28+,29+,30+,31+,32-,33-/m1/s1. The summed E-state index contributed by atoms with van der Waals surface area (Å²) in [4.78, 5) is 17.6. The molecule has 2 fully saturated rings. The Morgan fingerprint density at radius 1 is 0.854 bits per heavy atom. The Kier molecular flexibility index (Phi) is 14.0. The van der Waals surface area contributed by atoms with Gasteiger partial charge in [0.05, 0.1) is 50.7 Å². The van der Waals surface area contributed by atoms with Gasteiger partial charge in [0.1, 0.15) is 18.3 Å². The van der Waals surface area contributed by atoms with Gasteiger partial charge in [-0.15, -0.1) is 0 Å². The van der Waals surface area contributed by atoms with Crippen LogP contribution >= 0.6 is 0 Å². The molecule has 0 aliphatic carbocycles. The van der Waals surface area contributed by atoms with E-state index >= 15 is 0 Å². The third-order valence-electron chi connectivity index (χ3n) is 8.64. The highest BCUT2D eigenvalue weighted by Gasteiger charge is 2.57. The lowest BCUT2D eigenvalue weighted by Crippen LogP contribution is -2.68. The maximum Gasteiger partial charge on any atom is 0.305 e. The molecule has 260 valence electrons. The summed E-state index contributed by atoms with van der Waals surface area (Å²) < 4.78 is 36.0. The summed E-state index contributed by atoms with van der Waals surface area (Å²) in [5.41, 5.74) is 20.3. The Bertz CT molecular complexity index is 1390. The molecule has 0 bridgehead atoms. The van der Waals surface area contributed by atoms with Crippen LogP contribution in [0, 0.1) is 0 Å². The minimum Gasteiger partial charge on any atom is -0.469 e. The number of carbonyl (C=O) groups excluding carboxylic acids is 1. The SMILES string of the molecule is COC(=O)CCCCC[C@]1(O[C@H]2O[C@H](C)[C@@H](N=[N+]=[N-])[C@H](OCc3ccccc3)[C@@H]2O)O[C@H](C)[C@@H](N=[N+]=[N-])[C@H](OCc2ccccc2)[C@@H]1O. The summed E-state index contributed by atoms with van der Waals surface area (Å²) in [7, 11) is 1.33. The Balaban J connectivity index is 1.63. The number of aliphatic hydroxyl groups excluding tert-OH is 2. The highest BCUT2D eigenvalue weighted by molar-refractivity contribution is 5.68. The van der Waals surface area contributed by atoms with Gasteiger partial charge in [-0.25, -0.2) is 0 Å². The lowest BCUT2D eigenvalue weighted by molar-refractivity contribution is -0.410. The van der Waals surface area contributed by atoms with Crippen molar-refractivity contribution in [2.75, 3.05) is 7.11 Å². The molecule has 2 saturated heterocycles. The number of azide groups is 2. The molecule has 0 saturated carbocycles. The lowest BCUT2D eigenvalue weighted by Gasteiger charge is -2.52. The van der Waals surface area contributed by atoms with Crippen LogP contribution in [-0.2, 0) is 46.4 Å². The van der Waals surface area contributed by atoms with Gasteiger partial charge in [-0.2, -0.15) is 0 Å². The number of aliphatic hydroxyl groups is 2. The molecule has 2 N–H and O–H groups in total. The number of hydrogen-bond acceptors (Lipinski definition) is 11. The first kappa shape index (κ1) is 37.1. The molecule has 10 atom stereocenters. The zero-order chi connectivity index (χ0) is 34.5. The van der Waals surface area contributed by atoms with Gasteiger partial charge < -0.3 is 38.6 Å². The molecule has 15 nitrogen and oxygen atoms in total. The highest BCUT2D eigenvalue weighted by atomic mass is 16.8. The number of benzene rings is 2. The fourth-order valence-electron chi connectivity index (χ4n) is 6.09. The number of unbranched alkanes of at least 4 members (excludes halogenated alkanes) is 2. The maximum atomic E-state index is 12.0. The summed E-state index contributed by atoms with van der Waals surface area (Å²) in [6.07, 6.45) is -6.20. The molecule has 48 heavy (non-hydrogen) atoms. The van der Waals surface area contributed by atoms with Crippen molar-refractivity contribution < 1.29 is 43.4 Å². The van der Waals surface area contributed by atoms with Crippen LogP contribution in [-0.4, -0.2) is 84.1 Å². The van der Waals surface area contributed by atoms with E-state index in [1.54, 1.807) is 13.8 Å². The van der Waals surface area contributed by atoms with E-state index in [-0.39, 0.29) is 32.0 Å². The first-order valence-electron chi connectivity index (χ1n) is 16.1. The van der Waals surface area contributed by atoms with Gasteiger partial charge in [-0.05, 0) is 48.9 Å². The maximum absolute atomic E-state index is 12.0. The largest absolute Gasteiger partial charge is 0.469 e. The van der Waals surface area contributed by atoms with Crippen molar-refractivity contribution in [3.63, 3.8) is 0 Å². The van der Waals surface area contributed by atoms with Gasteiger partial charge in [-0.3, -0.25) is 4.79 Å². The Morgan fingerprint density at radius 3 is 1.98 bits per heavy atom. The molecule has 0 amide bonds. The second kappa shape index (κ2) is 18.1. The van der Waals surface area contributed by atoms with E-state index in [2.05, 4.69) is 20.1 Å². The van der Waals surface area contributed by atoms with Gasteiger partial charge in [0.2, 0.25) is 0 Å². The van der Waals surface area contributed by atoms with Crippen molar-refractivity contribution in [1.29, 1.82) is 0 Å². The van der Waals surface area contributed by atoms with E-state index in [9.17, 15) is 26.1 Å². The number of nitrogens with zero attached hydrogens (tertiary/aromatic N) is 6. The van der Waals surface area contributed by atoms with Crippen LogP contribution in [0.15, 0.2) is 70.9 Å². The third kappa shape index (κ3) is 9.44. The molecule has 2 aromatic rings. The number of esters is 1. The third-order valence-corrected chi connectivity index (χ3v) is 8.64. The topological polar surface area (TPSA) is 210 Å². The van der Waals surface area contributed by atoms with Crippen LogP contribution in [0.2, 0.25) is 0 Å². The summed E-state index contributed by atoms with van der Waals surface area (Å²) in [6.45, 7) is 3.57. The fraction of sp³-hybridized carbons (Fsp3) is 0.606. The molecular formula is C33H44N6O9. The Morgan fingerprint density at radius 2 is 1.42 bits per heavy atom. The quantitative estimate of drug-likeness (QED) is 0.0786. The predicted molar refractivity (Wildman–Crippen MR) is 172 cm³/mol. The van der Waals surface area contributed by atoms with Gasteiger partial charge >= 0.3 is 5.97 Å². The first-order chi connectivity index (χ1) is 23.2. The van der Waals surface area contributed by atoms with Crippen LogP contribution < -0.4 is 0 Å². The van der Waals surface area contributed by atoms with E-state index in [0.29, 0.717) is 19.3 Å². The van der Waals surface area contributed by atoms with Crippen molar-refractivity contribution in [2.45, 2.75) is 120 Å². The van der Waals surface area contributed by atoms with Crippen molar-refractivity contribution in [2.24, 2.45) is 10.2 Å². The van der Waals surface area contributed by atoms with Crippen LogP contribution in [0.4, 0.5) is 0 Å². The minimum atomic E-state index is -1.81. The molecule has 15 heteroatoms. The zero-order valence-corrected chi connectivity index (χ0v) is 27.4. The second-order valence-corrected chi connectivity index (χ2v) is 11.9. The van der Waals surface area contributed by atoms with Gasteiger partial charge in [-0.1, -0.05) is 77.3 Å². The molecule has 2 aliphatic rings. The Labute approximate surface area is 279 Å². The molecule has 0 unspecified atom stereocenters. The fourth-order valence-corrected chi connectivity index (χ4v) is 6.09. The van der Waals surface area contributed by atoms with E-state index < -0.39 is 60.8 Å². The van der Waals surface area contributed by atoms with Crippen molar-refractivity contribution in [1.82, 2.24) is 0 Å². The molecule has 2 heterocycles. The van der Waals surface area contributed by atoms with Crippen LogP contribution in [0.3, 0.4) is 0 Å². The Hall–Kier alpha value is -3.75. The first-order valence-corrected chi connectivity index (χ1v) is 16.1. The number of ether oxygens (including phenoxy) is 6. The van der Waals surface area contributed by atoms with E-state index in [1.165, 1.54) is 7.11 Å². The summed E-state index contributed by atoms with van der Waals surface area (Å²) in [6, 6.07) is 16.8. The molecule has 2 aromatic carbocycles. The molecule has 4 rings (SSSR count). The minimum absolute atomic E-state index is 0.101.